The van der Waals surface area contributed by atoms with E-state index in [-0.39, 0.29) is 11.6 Å². The number of amidine groups is 1. The first-order valence-corrected chi connectivity index (χ1v) is 5.82. The minimum Gasteiger partial charge on any atom is -0.435 e. The molecule has 1 aromatic carbocycles. The molecule has 6 nitrogen and oxygen atoms in total. The van der Waals surface area contributed by atoms with Gasteiger partial charge in [0.25, 0.3) is 0 Å². The van der Waals surface area contributed by atoms with Crippen LogP contribution in [0.5, 0.6) is 5.75 Å². The summed E-state index contributed by atoms with van der Waals surface area (Å²) in [4.78, 5) is 12.0. The molecule has 1 aromatic rings. The minimum absolute atomic E-state index is 0.00410. The molecule has 0 unspecified atom stereocenters. The number of nitrogens with two attached hydrogens (primary N) is 1. The summed E-state index contributed by atoms with van der Waals surface area (Å²) >= 11 is 0. The highest BCUT2D eigenvalue weighted by molar-refractivity contribution is 6.14. The Morgan fingerprint density at radius 2 is 2.00 bits per heavy atom. The molecule has 108 valence electrons. The first kappa shape index (κ1) is 14.0. The number of hydrogen-bond acceptors (Lipinski definition) is 4. The second-order valence-corrected chi connectivity index (χ2v) is 4.42. The van der Waals surface area contributed by atoms with E-state index in [1.54, 1.807) is 0 Å². The second-order valence-electron chi connectivity index (χ2n) is 4.42. The zero-order valence-corrected chi connectivity index (χ0v) is 10.3. The maximum absolute atomic E-state index is 12.0. The van der Waals surface area contributed by atoms with E-state index in [1.165, 1.54) is 24.3 Å². The molecule has 8 heteroatoms. The molecule has 0 bridgehead atoms. The summed E-state index contributed by atoms with van der Waals surface area (Å²) in [6.07, 6.45) is 1.00. The Bertz CT molecular complexity index is 527. The van der Waals surface area contributed by atoms with Gasteiger partial charge in [-0.1, -0.05) is 5.16 Å². The van der Waals surface area contributed by atoms with Gasteiger partial charge in [0.2, 0.25) is 5.91 Å². The number of anilines is 1. The predicted octanol–water partition coefficient (Wildman–Crippen LogP) is 1.75. The molecular weight excluding hydrogens is 272 g/mol. The van der Waals surface area contributed by atoms with Crippen molar-refractivity contribution in [2.24, 2.45) is 16.3 Å². The molecule has 0 aromatic heterocycles. The number of nitrogens with zero attached hydrogens (tertiary/aromatic N) is 1. The lowest BCUT2D eigenvalue weighted by molar-refractivity contribution is -0.119. The van der Waals surface area contributed by atoms with E-state index in [0.717, 1.165) is 0 Å². The number of rotatable bonds is 5. The van der Waals surface area contributed by atoms with Gasteiger partial charge in [0.05, 0.1) is 0 Å². The van der Waals surface area contributed by atoms with Crippen LogP contribution in [0, 0.1) is 5.41 Å². The number of alkyl halides is 2. The smallest absolute Gasteiger partial charge is 0.387 e. The van der Waals surface area contributed by atoms with Crippen LogP contribution >= 0.6 is 0 Å². The van der Waals surface area contributed by atoms with E-state index in [1.807, 2.05) is 0 Å². The quantitative estimate of drug-likeness (QED) is 0.332. The van der Waals surface area contributed by atoms with Crippen molar-refractivity contribution < 1.29 is 23.5 Å². The second kappa shape index (κ2) is 5.32. The number of nitrogens with one attached hydrogen (secondary N) is 1. The van der Waals surface area contributed by atoms with E-state index in [2.05, 4.69) is 15.2 Å². The molecule has 1 aliphatic carbocycles. The Balaban J connectivity index is 2.02. The maximum Gasteiger partial charge on any atom is 0.387 e. The summed E-state index contributed by atoms with van der Waals surface area (Å²) in [6, 6.07) is 5.48. The maximum atomic E-state index is 12.0. The number of halogens is 2. The molecule has 1 amide bonds. The highest BCUT2D eigenvalue weighted by atomic mass is 19.3. The van der Waals surface area contributed by atoms with Gasteiger partial charge in [-0.05, 0) is 37.1 Å². The standard InChI is InChI=1S/C12H13F2N3O3/c13-11(14)20-8-3-1-7(2-4-8)16-10(18)12(5-6-12)9(15)17-19/h1-4,11,19H,5-6H2,(H2,15,17)(H,16,18). The molecule has 0 spiro atoms. The number of carbonyl (C=O) groups is 1. The van der Waals surface area contributed by atoms with Gasteiger partial charge >= 0.3 is 6.61 Å². The lowest BCUT2D eigenvalue weighted by Gasteiger charge is -2.14. The lowest BCUT2D eigenvalue weighted by atomic mass is 10.1. The van der Waals surface area contributed by atoms with Crippen molar-refractivity contribution in [3.63, 3.8) is 0 Å². The van der Waals surface area contributed by atoms with Crippen LogP contribution in [0.1, 0.15) is 12.8 Å². The van der Waals surface area contributed by atoms with Crippen molar-refractivity contribution in [1.29, 1.82) is 0 Å². The minimum atomic E-state index is -2.90. The number of amides is 1. The molecule has 2 rings (SSSR count). The predicted molar refractivity (Wildman–Crippen MR) is 66.8 cm³/mol. The van der Waals surface area contributed by atoms with E-state index >= 15 is 0 Å². The first-order chi connectivity index (χ1) is 9.48. The van der Waals surface area contributed by atoms with Crippen LogP contribution in [-0.4, -0.2) is 23.6 Å². The molecule has 0 radical (unpaired) electrons. The van der Waals surface area contributed by atoms with Crippen molar-refractivity contribution in [2.75, 3.05) is 5.32 Å². The number of oxime groups is 1. The average molecular weight is 285 g/mol. The van der Waals surface area contributed by atoms with Crippen molar-refractivity contribution in [2.45, 2.75) is 19.5 Å². The number of hydrogen-bond donors (Lipinski definition) is 3. The Labute approximate surface area is 113 Å². The van der Waals surface area contributed by atoms with Crippen molar-refractivity contribution in [3.05, 3.63) is 24.3 Å². The van der Waals surface area contributed by atoms with Gasteiger partial charge in [0, 0.05) is 5.69 Å². The van der Waals surface area contributed by atoms with Crippen LogP contribution < -0.4 is 15.8 Å². The third-order valence-corrected chi connectivity index (χ3v) is 3.12. The molecule has 0 atom stereocenters. The van der Waals surface area contributed by atoms with Crippen LogP contribution in [0.4, 0.5) is 14.5 Å². The normalized spacial score (nSPS) is 16.9. The Hall–Kier alpha value is -2.38. The summed E-state index contributed by atoms with van der Waals surface area (Å²) in [5.74, 6) is -0.529. The zero-order valence-electron chi connectivity index (χ0n) is 10.3. The first-order valence-electron chi connectivity index (χ1n) is 5.82. The highest BCUT2D eigenvalue weighted by Crippen LogP contribution is 2.46. The Kier molecular flexibility index (Phi) is 3.73. The number of carbonyl (C=O) groups excluding carboxylic acids is 1. The molecule has 1 saturated carbocycles. The van der Waals surface area contributed by atoms with Gasteiger partial charge in [-0.2, -0.15) is 8.78 Å². The SMILES string of the molecule is N/C(=N/O)C1(C(=O)Nc2ccc(OC(F)F)cc2)CC1. The van der Waals surface area contributed by atoms with E-state index in [0.29, 0.717) is 18.5 Å². The van der Waals surface area contributed by atoms with E-state index in [9.17, 15) is 13.6 Å². The van der Waals surface area contributed by atoms with Gasteiger partial charge in [-0.25, -0.2) is 0 Å². The van der Waals surface area contributed by atoms with E-state index < -0.39 is 17.9 Å². The number of ether oxygens (including phenoxy) is 1. The van der Waals surface area contributed by atoms with Gasteiger partial charge in [0.1, 0.15) is 11.2 Å². The summed E-state index contributed by atoms with van der Waals surface area (Å²) in [6.45, 7) is -2.90. The number of benzene rings is 1. The zero-order chi connectivity index (χ0) is 14.8. The molecule has 20 heavy (non-hydrogen) atoms. The van der Waals surface area contributed by atoms with Crippen LogP contribution in [0.25, 0.3) is 0 Å². The average Bonchev–Trinajstić information content (AvgIpc) is 3.21. The fraction of sp³-hybridized carbons (Fsp3) is 0.333. The molecule has 4 N–H and O–H groups in total. The summed E-state index contributed by atoms with van der Waals surface area (Å²) < 4.78 is 28.2. The monoisotopic (exact) mass is 285 g/mol. The third-order valence-electron chi connectivity index (χ3n) is 3.12. The van der Waals surface area contributed by atoms with Crippen LogP contribution in [0.3, 0.4) is 0 Å². The van der Waals surface area contributed by atoms with E-state index in [4.69, 9.17) is 10.9 Å². The molecule has 0 aliphatic heterocycles. The Morgan fingerprint density at radius 3 is 2.45 bits per heavy atom. The molecule has 0 heterocycles. The van der Waals surface area contributed by atoms with Crippen LogP contribution in [0.2, 0.25) is 0 Å². The summed E-state index contributed by atoms with van der Waals surface area (Å²) in [7, 11) is 0. The molecule has 0 saturated heterocycles. The fourth-order valence-electron chi connectivity index (χ4n) is 1.79. The molecule has 1 fully saturated rings. The summed E-state index contributed by atoms with van der Waals surface area (Å²) in [5, 5.41) is 14.1. The molecular formula is C12H13F2N3O3. The Morgan fingerprint density at radius 1 is 1.40 bits per heavy atom. The van der Waals surface area contributed by atoms with Gasteiger partial charge < -0.3 is 21.0 Å². The van der Waals surface area contributed by atoms with Gasteiger partial charge in [-0.15, -0.1) is 0 Å². The van der Waals surface area contributed by atoms with Crippen molar-refractivity contribution >= 4 is 17.4 Å². The van der Waals surface area contributed by atoms with Crippen molar-refractivity contribution in [1.82, 2.24) is 0 Å². The molecule has 1 aliphatic rings. The fourth-order valence-corrected chi connectivity index (χ4v) is 1.79. The van der Waals surface area contributed by atoms with Crippen LogP contribution in [0.15, 0.2) is 29.4 Å². The lowest BCUT2D eigenvalue weighted by Crippen LogP contribution is -2.36. The van der Waals surface area contributed by atoms with Gasteiger partial charge in [0.15, 0.2) is 5.84 Å². The van der Waals surface area contributed by atoms with Gasteiger partial charge in [-0.3, -0.25) is 4.79 Å². The summed E-state index contributed by atoms with van der Waals surface area (Å²) in [5.41, 5.74) is 4.93. The highest BCUT2D eigenvalue weighted by Gasteiger charge is 2.54. The van der Waals surface area contributed by atoms with Crippen molar-refractivity contribution in [3.8, 4) is 5.75 Å². The largest absolute Gasteiger partial charge is 0.435 e. The van der Waals surface area contributed by atoms with Crippen LogP contribution in [-0.2, 0) is 4.79 Å². The third kappa shape index (κ3) is 2.79. The topological polar surface area (TPSA) is 96.9 Å².